The van der Waals surface area contributed by atoms with Gasteiger partial charge in [-0.3, -0.25) is 0 Å². The molecule has 0 aliphatic heterocycles. The molecule has 0 fully saturated rings. The summed E-state index contributed by atoms with van der Waals surface area (Å²) in [6.07, 6.45) is 1.38. The summed E-state index contributed by atoms with van der Waals surface area (Å²) < 4.78 is 0.602. The molecule has 0 atom stereocenters. The van der Waals surface area contributed by atoms with Gasteiger partial charge in [0.1, 0.15) is 16.6 Å². The van der Waals surface area contributed by atoms with Crippen LogP contribution in [0.1, 0.15) is 5.56 Å². The predicted molar refractivity (Wildman–Crippen MR) is 82.0 cm³/mol. The second-order valence-electron chi connectivity index (χ2n) is 3.74. The van der Waals surface area contributed by atoms with Crippen molar-refractivity contribution >= 4 is 56.5 Å². The molecule has 100 valence electrons. The first kappa shape index (κ1) is 14.3. The highest BCUT2D eigenvalue weighted by Crippen LogP contribution is 2.34. The maximum atomic E-state index is 6.16. The number of aryl methyl sites for hydroxylation is 1. The summed E-state index contributed by atoms with van der Waals surface area (Å²) in [5.41, 5.74) is 4.02. The van der Waals surface area contributed by atoms with E-state index < -0.39 is 0 Å². The molecule has 8 heteroatoms. The molecule has 4 N–H and O–H groups in total. The zero-order valence-electron chi connectivity index (χ0n) is 9.84. The van der Waals surface area contributed by atoms with Gasteiger partial charge in [0.2, 0.25) is 0 Å². The van der Waals surface area contributed by atoms with Crippen LogP contribution in [0.2, 0.25) is 10.0 Å². The van der Waals surface area contributed by atoms with Gasteiger partial charge in [-0.25, -0.2) is 15.8 Å². The standard InChI is InChI=1S/C11H10BrCl2N5/c1-5-2-7(14)8(3-6(5)13)18-10-9(12)11(19-15)17-4-16-10/h2-4H,15H2,1H3,(H2,16,17,18,19). The van der Waals surface area contributed by atoms with E-state index in [0.717, 1.165) is 5.56 Å². The molecule has 2 rings (SSSR count). The minimum absolute atomic E-state index is 0.465. The number of nitrogens with one attached hydrogen (secondary N) is 2. The Morgan fingerprint density at radius 3 is 2.53 bits per heavy atom. The normalized spacial score (nSPS) is 10.4. The van der Waals surface area contributed by atoms with Crippen molar-refractivity contribution in [2.24, 2.45) is 5.84 Å². The number of anilines is 3. The van der Waals surface area contributed by atoms with E-state index in [1.807, 2.05) is 6.92 Å². The number of hydrazine groups is 1. The highest BCUT2D eigenvalue weighted by molar-refractivity contribution is 9.10. The van der Waals surface area contributed by atoms with Crippen LogP contribution in [0.4, 0.5) is 17.3 Å². The third-order valence-corrected chi connectivity index (χ3v) is 3.90. The fraction of sp³-hybridized carbons (Fsp3) is 0.0909. The molecule has 0 aliphatic rings. The lowest BCUT2D eigenvalue weighted by Gasteiger charge is -2.12. The quantitative estimate of drug-likeness (QED) is 0.570. The van der Waals surface area contributed by atoms with Crippen LogP contribution in [0, 0.1) is 6.92 Å². The fourth-order valence-corrected chi connectivity index (χ4v) is 2.27. The third kappa shape index (κ3) is 3.09. The Morgan fingerprint density at radius 2 is 1.84 bits per heavy atom. The zero-order chi connectivity index (χ0) is 14.0. The molecule has 0 spiro atoms. The number of aromatic nitrogens is 2. The van der Waals surface area contributed by atoms with Crippen molar-refractivity contribution in [3.8, 4) is 0 Å². The van der Waals surface area contributed by atoms with Gasteiger partial charge >= 0.3 is 0 Å². The lowest BCUT2D eigenvalue weighted by molar-refractivity contribution is 1.12. The monoisotopic (exact) mass is 361 g/mol. The minimum Gasteiger partial charge on any atom is -0.338 e. The van der Waals surface area contributed by atoms with E-state index in [2.05, 4.69) is 36.6 Å². The van der Waals surface area contributed by atoms with Crippen molar-refractivity contribution in [2.75, 3.05) is 10.7 Å². The summed E-state index contributed by atoms with van der Waals surface area (Å²) in [5, 5.41) is 4.24. The van der Waals surface area contributed by atoms with Crippen LogP contribution < -0.4 is 16.6 Å². The summed E-state index contributed by atoms with van der Waals surface area (Å²) in [7, 11) is 0. The van der Waals surface area contributed by atoms with Gasteiger partial charge in [0, 0.05) is 5.02 Å². The molecule has 0 radical (unpaired) electrons. The number of nitrogen functional groups attached to an aromatic ring is 1. The summed E-state index contributed by atoms with van der Waals surface area (Å²) in [5.74, 6) is 6.34. The largest absolute Gasteiger partial charge is 0.338 e. The Hall–Kier alpha value is -1.08. The lowest BCUT2D eigenvalue weighted by atomic mass is 10.2. The van der Waals surface area contributed by atoms with E-state index in [1.165, 1.54) is 6.33 Å². The maximum absolute atomic E-state index is 6.16. The Labute approximate surface area is 128 Å². The molecule has 0 amide bonds. The van der Waals surface area contributed by atoms with Gasteiger partial charge in [-0.05, 0) is 40.5 Å². The van der Waals surface area contributed by atoms with Crippen molar-refractivity contribution in [2.45, 2.75) is 6.92 Å². The van der Waals surface area contributed by atoms with E-state index in [1.54, 1.807) is 12.1 Å². The summed E-state index contributed by atoms with van der Waals surface area (Å²) >= 11 is 15.6. The molecular formula is C11H10BrCl2N5. The van der Waals surface area contributed by atoms with Crippen LogP contribution in [-0.2, 0) is 0 Å². The van der Waals surface area contributed by atoms with Crippen LogP contribution in [0.15, 0.2) is 22.9 Å². The van der Waals surface area contributed by atoms with Gasteiger partial charge in [0.25, 0.3) is 0 Å². The number of hydrogen-bond acceptors (Lipinski definition) is 5. The van der Waals surface area contributed by atoms with Gasteiger partial charge in [-0.2, -0.15) is 0 Å². The molecule has 0 unspecified atom stereocenters. The van der Waals surface area contributed by atoms with E-state index in [4.69, 9.17) is 29.0 Å². The molecule has 0 saturated carbocycles. The van der Waals surface area contributed by atoms with Gasteiger partial charge in [0.05, 0.1) is 10.7 Å². The Kier molecular flexibility index (Phi) is 4.46. The lowest BCUT2D eigenvalue weighted by Crippen LogP contribution is -2.10. The molecule has 19 heavy (non-hydrogen) atoms. The molecule has 0 saturated heterocycles. The smallest absolute Gasteiger partial charge is 0.159 e. The van der Waals surface area contributed by atoms with E-state index in [0.29, 0.717) is 31.8 Å². The maximum Gasteiger partial charge on any atom is 0.159 e. The van der Waals surface area contributed by atoms with Crippen LogP contribution in [-0.4, -0.2) is 9.97 Å². The second-order valence-corrected chi connectivity index (χ2v) is 5.34. The first-order chi connectivity index (χ1) is 9.02. The summed E-state index contributed by atoms with van der Waals surface area (Å²) in [6, 6.07) is 3.52. The molecule has 0 aliphatic carbocycles. The highest BCUT2D eigenvalue weighted by Gasteiger charge is 2.11. The minimum atomic E-state index is 0.465. The molecule has 2 aromatic rings. The molecule has 1 aromatic heterocycles. The number of hydrogen-bond donors (Lipinski definition) is 3. The molecular weight excluding hydrogens is 353 g/mol. The van der Waals surface area contributed by atoms with E-state index in [-0.39, 0.29) is 0 Å². The number of nitrogens with two attached hydrogens (primary N) is 1. The molecule has 1 heterocycles. The molecule has 1 aromatic carbocycles. The first-order valence-electron chi connectivity index (χ1n) is 5.22. The number of rotatable bonds is 3. The van der Waals surface area contributed by atoms with Crippen molar-refractivity contribution in [1.82, 2.24) is 9.97 Å². The summed E-state index contributed by atoms with van der Waals surface area (Å²) in [6.45, 7) is 1.88. The van der Waals surface area contributed by atoms with Gasteiger partial charge < -0.3 is 10.7 Å². The van der Waals surface area contributed by atoms with Crippen LogP contribution in [0.3, 0.4) is 0 Å². The first-order valence-corrected chi connectivity index (χ1v) is 6.77. The second kappa shape index (κ2) is 5.92. The van der Waals surface area contributed by atoms with Gasteiger partial charge in [0.15, 0.2) is 5.82 Å². The van der Waals surface area contributed by atoms with Crippen LogP contribution in [0.25, 0.3) is 0 Å². The van der Waals surface area contributed by atoms with Crippen LogP contribution >= 0.6 is 39.1 Å². The van der Waals surface area contributed by atoms with Gasteiger partial charge in [-0.1, -0.05) is 23.2 Å². The van der Waals surface area contributed by atoms with Crippen molar-refractivity contribution in [3.05, 3.63) is 38.5 Å². The SMILES string of the molecule is Cc1cc(Cl)c(Nc2ncnc(NN)c2Br)cc1Cl. The fourth-order valence-electron chi connectivity index (χ4n) is 1.43. The zero-order valence-corrected chi connectivity index (χ0v) is 12.9. The van der Waals surface area contributed by atoms with E-state index in [9.17, 15) is 0 Å². The number of benzene rings is 1. The number of nitrogens with zero attached hydrogens (tertiary/aromatic N) is 2. The Bertz CT molecular complexity index is 620. The average molecular weight is 363 g/mol. The molecule has 5 nitrogen and oxygen atoms in total. The molecule has 0 bridgehead atoms. The Morgan fingerprint density at radius 1 is 1.16 bits per heavy atom. The Balaban J connectivity index is 2.39. The third-order valence-electron chi connectivity index (χ3n) is 2.43. The van der Waals surface area contributed by atoms with Crippen molar-refractivity contribution in [1.29, 1.82) is 0 Å². The van der Waals surface area contributed by atoms with Gasteiger partial charge in [-0.15, -0.1) is 0 Å². The topological polar surface area (TPSA) is 75.9 Å². The highest BCUT2D eigenvalue weighted by atomic mass is 79.9. The van der Waals surface area contributed by atoms with E-state index >= 15 is 0 Å². The average Bonchev–Trinajstić information content (AvgIpc) is 2.38. The summed E-state index contributed by atoms with van der Waals surface area (Å²) in [4.78, 5) is 8.07. The predicted octanol–water partition coefficient (Wildman–Crippen LogP) is 3.88. The number of halogens is 3. The van der Waals surface area contributed by atoms with Crippen molar-refractivity contribution in [3.63, 3.8) is 0 Å². The van der Waals surface area contributed by atoms with Crippen molar-refractivity contribution < 1.29 is 0 Å². The van der Waals surface area contributed by atoms with Crippen LogP contribution in [0.5, 0.6) is 0 Å².